The van der Waals surface area contributed by atoms with Crippen LogP contribution in [0, 0.1) is 5.92 Å². The third-order valence-electron chi connectivity index (χ3n) is 5.05. The minimum atomic E-state index is 0.447. The highest BCUT2D eigenvalue weighted by atomic mass is 15.0. The molecule has 2 aliphatic carbocycles. The molecule has 2 nitrogen and oxygen atoms in total. The molecular formula is C19H28N2. The zero-order valence-electron chi connectivity index (χ0n) is 13.1. The summed E-state index contributed by atoms with van der Waals surface area (Å²) >= 11 is 0. The topological polar surface area (TPSA) is 38.0 Å². The Balaban J connectivity index is 1.54. The molecule has 0 aliphatic heterocycles. The van der Waals surface area contributed by atoms with E-state index in [2.05, 4.69) is 48.6 Å². The molecule has 3 N–H and O–H groups in total. The highest BCUT2D eigenvalue weighted by Crippen LogP contribution is 2.40. The van der Waals surface area contributed by atoms with Crippen molar-refractivity contribution in [3.8, 4) is 0 Å². The summed E-state index contributed by atoms with van der Waals surface area (Å²) in [6.45, 7) is 2.28. The van der Waals surface area contributed by atoms with Crippen LogP contribution in [0.2, 0.25) is 0 Å². The van der Waals surface area contributed by atoms with Gasteiger partial charge in [-0.25, -0.2) is 0 Å². The fourth-order valence-electron chi connectivity index (χ4n) is 3.61. The fraction of sp³-hybridized carbons (Fsp3) is 0.579. The van der Waals surface area contributed by atoms with E-state index in [-0.39, 0.29) is 0 Å². The molecule has 3 rings (SSSR count). The maximum Gasteiger partial charge on any atom is 0.0142 e. The SMILES string of the molecule is CC/C(=C\c1ccccc1)[C@@H]1C[C@H]1N[C@H]1CC[C@H](N)CC1. The van der Waals surface area contributed by atoms with Gasteiger partial charge in [0.1, 0.15) is 0 Å². The Labute approximate surface area is 128 Å². The average Bonchev–Trinajstić information content (AvgIpc) is 3.27. The van der Waals surface area contributed by atoms with Crippen molar-refractivity contribution >= 4 is 6.08 Å². The summed E-state index contributed by atoms with van der Waals surface area (Å²) in [6.07, 6.45) is 9.76. The van der Waals surface area contributed by atoms with Crippen molar-refractivity contribution in [3.63, 3.8) is 0 Å². The van der Waals surface area contributed by atoms with Gasteiger partial charge in [0.2, 0.25) is 0 Å². The van der Waals surface area contributed by atoms with Crippen molar-refractivity contribution in [1.29, 1.82) is 0 Å². The Morgan fingerprint density at radius 2 is 1.90 bits per heavy atom. The van der Waals surface area contributed by atoms with Gasteiger partial charge in [0.15, 0.2) is 0 Å². The predicted octanol–water partition coefficient (Wildman–Crippen LogP) is 3.73. The molecule has 0 unspecified atom stereocenters. The minimum Gasteiger partial charge on any atom is -0.328 e. The summed E-state index contributed by atoms with van der Waals surface area (Å²) in [5, 5.41) is 3.87. The van der Waals surface area contributed by atoms with E-state index < -0.39 is 0 Å². The third-order valence-corrected chi connectivity index (χ3v) is 5.05. The van der Waals surface area contributed by atoms with E-state index in [0.717, 1.165) is 12.3 Å². The zero-order valence-corrected chi connectivity index (χ0v) is 13.1. The van der Waals surface area contributed by atoms with Crippen molar-refractivity contribution in [1.82, 2.24) is 5.32 Å². The van der Waals surface area contributed by atoms with Gasteiger partial charge in [-0.05, 0) is 50.0 Å². The molecule has 0 radical (unpaired) electrons. The van der Waals surface area contributed by atoms with Crippen LogP contribution >= 0.6 is 0 Å². The molecule has 2 fully saturated rings. The van der Waals surface area contributed by atoms with Gasteiger partial charge in [-0.1, -0.05) is 48.9 Å². The number of nitrogens with one attached hydrogen (secondary N) is 1. The van der Waals surface area contributed by atoms with Crippen LogP contribution in [0.5, 0.6) is 0 Å². The molecule has 0 aromatic heterocycles. The van der Waals surface area contributed by atoms with Crippen LogP contribution in [0.1, 0.15) is 51.0 Å². The van der Waals surface area contributed by atoms with Gasteiger partial charge in [-0.3, -0.25) is 0 Å². The number of hydrogen-bond donors (Lipinski definition) is 2. The molecule has 114 valence electrons. The zero-order chi connectivity index (χ0) is 14.7. The van der Waals surface area contributed by atoms with Crippen LogP contribution in [0.3, 0.4) is 0 Å². The molecular weight excluding hydrogens is 256 g/mol. The van der Waals surface area contributed by atoms with E-state index in [0.29, 0.717) is 18.1 Å². The van der Waals surface area contributed by atoms with Gasteiger partial charge >= 0.3 is 0 Å². The second kappa shape index (κ2) is 6.76. The predicted molar refractivity (Wildman–Crippen MR) is 90.0 cm³/mol. The van der Waals surface area contributed by atoms with Crippen LogP contribution in [0.25, 0.3) is 6.08 Å². The van der Waals surface area contributed by atoms with Gasteiger partial charge in [0, 0.05) is 18.1 Å². The molecule has 2 atom stereocenters. The monoisotopic (exact) mass is 284 g/mol. The first-order valence-electron chi connectivity index (χ1n) is 8.53. The largest absolute Gasteiger partial charge is 0.328 e. The van der Waals surface area contributed by atoms with E-state index in [1.807, 2.05) is 0 Å². The fourth-order valence-corrected chi connectivity index (χ4v) is 3.61. The molecule has 1 aromatic rings. The highest BCUT2D eigenvalue weighted by Gasteiger charge is 2.40. The third kappa shape index (κ3) is 3.96. The summed E-state index contributed by atoms with van der Waals surface area (Å²) in [5.74, 6) is 0.755. The van der Waals surface area contributed by atoms with Crippen LogP contribution in [-0.4, -0.2) is 18.1 Å². The maximum absolute atomic E-state index is 5.99. The van der Waals surface area contributed by atoms with Gasteiger partial charge in [0.25, 0.3) is 0 Å². The number of rotatable bonds is 5. The van der Waals surface area contributed by atoms with Gasteiger partial charge in [0.05, 0.1) is 0 Å². The molecule has 0 saturated heterocycles. The normalized spacial score (nSPS) is 33.0. The minimum absolute atomic E-state index is 0.447. The Bertz CT molecular complexity index is 472. The van der Waals surface area contributed by atoms with Crippen LogP contribution in [0.4, 0.5) is 0 Å². The molecule has 0 amide bonds. The lowest BCUT2D eigenvalue weighted by Crippen LogP contribution is -2.38. The van der Waals surface area contributed by atoms with Crippen molar-refractivity contribution in [2.24, 2.45) is 11.7 Å². The van der Waals surface area contributed by atoms with Crippen LogP contribution < -0.4 is 11.1 Å². The Kier molecular flexibility index (Phi) is 4.77. The Morgan fingerprint density at radius 1 is 1.19 bits per heavy atom. The molecule has 2 saturated carbocycles. The summed E-state index contributed by atoms with van der Waals surface area (Å²) in [6, 6.07) is 12.6. The molecule has 0 bridgehead atoms. The Morgan fingerprint density at radius 3 is 2.57 bits per heavy atom. The van der Waals surface area contributed by atoms with Gasteiger partial charge < -0.3 is 11.1 Å². The van der Waals surface area contributed by atoms with E-state index in [1.54, 1.807) is 5.57 Å². The Hall–Kier alpha value is -1.12. The second-order valence-electron chi connectivity index (χ2n) is 6.71. The lowest BCUT2D eigenvalue weighted by atomic mass is 9.91. The molecule has 0 spiro atoms. The van der Waals surface area contributed by atoms with E-state index in [4.69, 9.17) is 5.73 Å². The molecule has 2 heteroatoms. The molecule has 0 heterocycles. The average molecular weight is 284 g/mol. The van der Waals surface area contributed by atoms with E-state index in [9.17, 15) is 0 Å². The van der Waals surface area contributed by atoms with Crippen LogP contribution in [0.15, 0.2) is 35.9 Å². The molecule has 1 aromatic carbocycles. The lowest BCUT2D eigenvalue weighted by Gasteiger charge is -2.27. The second-order valence-corrected chi connectivity index (χ2v) is 6.71. The highest BCUT2D eigenvalue weighted by molar-refractivity contribution is 5.54. The quantitative estimate of drug-likeness (QED) is 0.864. The van der Waals surface area contributed by atoms with Gasteiger partial charge in [-0.15, -0.1) is 0 Å². The summed E-state index contributed by atoms with van der Waals surface area (Å²) < 4.78 is 0. The summed E-state index contributed by atoms with van der Waals surface area (Å²) in [5.41, 5.74) is 8.93. The van der Waals surface area contributed by atoms with Crippen molar-refractivity contribution < 1.29 is 0 Å². The standard InChI is InChI=1S/C19H28N2/c1-2-15(12-14-6-4-3-5-7-14)18-13-19(18)21-17-10-8-16(20)9-11-17/h3-7,12,16-19,21H,2,8-11,13,20H2,1H3/b15-12+/t16-,17-,18-,19+/m0/s1. The first kappa shape index (κ1) is 14.8. The van der Waals surface area contributed by atoms with Gasteiger partial charge in [-0.2, -0.15) is 0 Å². The molecule has 21 heavy (non-hydrogen) atoms. The number of nitrogens with two attached hydrogens (primary N) is 1. The first-order chi connectivity index (χ1) is 10.3. The number of hydrogen-bond acceptors (Lipinski definition) is 2. The van der Waals surface area contributed by atoms with Crippen LogP contribution in [-0.2, 0) is 0 Å². The first-order valence-corrected chi connectivity index (χ1v) is 8.53. The number of benzene rings is 1. The smallest absolute Gasteiger partial charge is 0.0142 e. The lowest BCUT2D eigenvalue weighted by molar-refractivity contribution is 0.338. The molecule has 2 aliphatic rings. The van der Waals surface area contributed by atoms with Crippen molar-refractivity contribution in [2.75, 3.05) is 0 Å². The maximum atomic E-state index is 5.99. The van der Waals surface area contributed by atoms with E-state index in [1.165, 1.54) is 37.7 Å². The van der Waals surface area contributed by atoms with Crippen molar-refractivity contribution in [2.45, 2.75) is 63.6 Å². The summed E-state index contributed by atoms with van der Waals surface area (Å²) in [4.78, 5) is 0. The van der Waals surface area contributed by atoms with Crippen molar-refractivity contribution in [3.05, 3.63) is 41.5 Å². The summed E-state index contributed by atoms with van der Waals surface area (Å²) in [7, 11) is 0. The van der Waals surface area contributed by atoms with E-state index >= 15 is 0 Å².